The molecule has 0 bridgehead atoms. The number of nitrogens with one attached hydrogen (secondary N) is 1. The van der Waals surface area contributed by atoms with Gasteiger partial charge in [0.05, 0.1) is 0 Å². The lowest BCUT2D eigenvalue weighted by atomic mass is 9.88. The monoisotopic (exact) mass is 317 g/mol. The quantitative estimate of drug-likeness (QED) is 0.918. The highest BCUT2D eigenvalue weighted by Gasteiger charge is 2.23. The number of aromatic nitrogens is 1. The highest BCUT2D eigenvalue weighted by molar-refractivity contribution is 5.76. The average molecular weight is 317 g/mol. The number of likely N-dealkylation sites (tertiary alicyclic amines) is 1. The van der Waals surface area contributed by atoms with Gasteiger partial charge in [0.1, 0.15) is 5.82 Å². The van der Waals surface area contributed by atoms with Crippen LogP contribution in [0, 0.1) is 5.92 Å². The molecule has 0 radical (unpaired) electrons. The van der Waals surface area contributed by atoms with Crippen molar-refractivity contribution < 1.29 is 4.79 Å². The van der Waals surface area contributed by atoms with Crippen LogP contribution in [0.15, 0.2) is 18.3 Å². The Morgan fingerprint density at radius 1 is 1.35 bits per heavy atom. The lowest BCUT2D eigenvalue weighted by Gasteiger charge is -2.33. The Morgan fingerprint density at radius 3 is 2.57 bits per heavy atom. The van der Waals surface area contributed by atoms with Crippen LogP contribution in [0.1, 0.15) is 59.4 Å². The maximum absolute atomic E-state index is 12.1. The first-order chi connectivity index (χ1) is 10.8. The molecule has 2 heterocycles. The summed E-state index contributed by atoms with van der Waals surface area (Å²) >= 11 is 0. The molecule has 4 heteroatoms. The fourth-order valence-electron chi connectivity index (χ4n) is 2.94. The summed E-state index contributed by atoms with van der Waals surface area (Å²) in [5, 5.41) is 3.54. The van der Waals surface area contributed by atoms with Gasteiger partial charge in [0, 0.05) is 31.7 Å². The van der Waals surface area contributed by atoms with E-state index in [-0.39, 0.29) is 5.41 Å². The van der Waals surface area contributed by atoms with E-state index in [1.165, 1.54) is 5.56 Å². The van der Waals surface area contributed by atoms with E-state index in [1.807, 2.05) is 11.1 Å². The number of pyridine rings is 1. The predicted molar refractivity (Wildman–Crippen MR) is 95.6 cm³/mol. The summed E-state index contributed by atoms with van der Waals surface area (Å²) in [6.07, 6.45) is 4.52. The average Bonchev–Trinajstić information content (AvgIpc) is 2.46. The molecule has 1 aliphatic rings. The molecule has 4 nitrogen and oxygen atoms in total. The zero-order valence-electron chi connectivity index (χ0n) is 15.2. The SMILES string of the molecule is CC(C)CC(=O)N1CCC(Nc2cc(C(C)(C)C)ccn2)CC1. The van der Waals surface area contributed by atoms with Gasteiger partial charge in [-0.2, -0.15) is 0 Å². The van der Waals surface area contributed by atoms with E-state index in [0.29, 0.717) is 24.3 Å². The van der Waals surface area contributed by atoms with Crippen molar-refractivity contribution in [2.45, 2.75) is 65.3 Å². The minimum absolute atomic E-state index is 0.131. The predicted octanol–water partition coefficient (Wildman–Crippen LogP) is 3.83. The standard InChI is InChI=1S/C19H31N3O/c1-14(2)12-18(23)22-10-7-16(8-11-22)21-17-13-15(6-9-20-17)19(3,4)5/h6,9,13-14,16H,7-8,10-12H2,1-5H3,(H,20,21). The zero-order valence-corrected chi connectivity index (χ0v) is 15.2. The van der Waals surface area contributed by atoms with Gasteiger partial charge in [-0.25, -0.2) is 4.98 Å². The molecule has 0 unspecified atom stereocenters. The maximum Gasteiger partial charge on any atom is 0.222 e. The number of carbonyl (C=O) groups excluding carboxylic acids is 1. The molecular formula is C19H31N3O. The second-order valence-corrected chi connectivity index (χ2v) is 8.08. The van der Waals surface area contributed by atoms with Crippen LogP contribution in [0.2, 0.25) is 0 Å². The molecule has 1 fully saturated rings. The van der Waals surface area contributed by atoms with Crippen molar-refractivity contribution in [3.05, 3.63) is 23.9 Å². The number of amides is 1. The van der Waals surface area contributed by atoms with Gasteiger partial charge in [-0.1, -0.05) is 34.6 Å². The molecule has 1 saturated heterocycles. The summed E-state index contributed by atoms with van der Waals surface area (Å²) in [7, 11) is 0. The van der Waals surface area contributed by atoms with Gasteiger partial charge in [0.25, 0.3) is 0 Å². The second kappa shape index (κ2) is 7.33. The number of hydrogen-bond donors (Lipinski definition) is 1. The Hall–Kier alpha value is -1.58. The molecule has 128 valence electrons. The smallest absolute Gasteiger partial charge is 0.222 e. The number of anilines is 1. The summed E-state index contributed by atoms with van der Waals surface area (Å²) in [4.78, 5) is 18.6. The summed E-state index contributed by atoms with van der Waals surface area (Å²) in [5.41, 5.74) is 1.42. The Balaban J connectivity index is 1.88. The third kappa shape index (κ3) is 5.22. The highest BCUT2D eigenvalue weighted by atomic mass is 16.2. The van der Waals surface area contributed by atoms with Crippen molar-refractivity contribution in [1.82, 2.24) is 9.88 Å². The van der Waals surface area contributed by atoms with Crippen LogP contribution in [0.5, 0.6) is 0 Å². The Bertz CT molecular complexity index is 526. The summed E-state index contributed by atoms with van der Waals surface area (Å²) in [6, 6.07) is 4.63. The van der Waals surface area contributed by atoms with Crippen LogP contribution in [-0.4, -0.2) is 34.9 Å². The summed E-state index contributed by atoms with van der Waals surface area (Å²) in [6.45, 7) is 12.5. The summed E-state index contributed by atoms with van der Waals surface area (Å²) in [5.74, 6) is 1.68. The number of rotatable bonds is 4. The first kappa shape index (κ1) is 17.8. The van der Waals surface area contributed by atoms with Gasteiger partial charge in [-0.3, -0.25) is 4.79 Å². The van der Waals surface area contributed by atoms with Crippen LogP contribution < -0.4 is 5.32 Å². The van der Waals surface area contributed by atoms with Crippen LogP contribution >= 0.6 is 0 Å². The van der Waals surface area contributed by atoms with E-state index in [1.54, 1.807) is 0 Å². The van der Waals surface area contributed by atoms with Crippen molar-refractivity contribution in [2.24, 2.45) is 5.92 Å². The molecular weight excluding hydrogens is 286 g/mol. The van der Waals surface area contributed by atoms with Crippen molar-refractivity contribution >= 4 is 11.7 Å². The van der Waals surface area contributed by atoms with Gasteiger partial charge in [0.15, 0.2) is 0 Å². The molecule has 1 amide bonds. The van der Waals surface area contributed by atoms with Crippen LogP contribution in [0.3, 0.4) is 0 Å². The Morgan fingerprint density at radius 2 is 2.00 bits per heavy atom. The molecule has 1 aromatic rings. The molecule has 23 heavy (non-hydrogen) atoms. The first-order valence-electron chi connectivity index (χ1n) is 8.76. The number of hydrogen-bond acceptors (Lipinski definition) is 3. The van der Waals surface area contributed by atoms with Crippen molar-refractivity contribution in [2.75, 3.05) is 18.4 Å². The zero-order chi connectivity index (χ0) is 17.0. The lowest BCUT2D eigenvalue weighted by molar-refractivity contribution is -0.132. The van der Waals surface area contributed by atoms with Crippen LogP contribution in [0.25, 0.3) is 0 Å². The molecule has 1 N–H and O–H groups in total. The first-order valence-corrected chi connectivity index (χ1v) is 8.76. The minimum atomic E-state index is 0.131. The third-order valence-electron chi connectivity index (χ3n) is 4.41. The van der Waals surface area contributed by atoms with E-state index in [4.69, 9.17) is 0 Å². The highest BCUT2D eigenvalue weighted by Crippen LogP contribution is 2.24. The molecule has 0 aliphatic carbocycles. The van der Waals surface area contributed by atoms with E-state index in [0.717, 1.165) is 31.7 Å². The molecule has 1 aliphatic heterocycles. The molecule has 0 aromatic carbocycles. The Kier molecular flexibility index (Phi) is 5.66. The molecule has 1 aromatic heterocycles. The van der Waals surface area contributed by atoms with E-state index in [2.05, 4.69) is 57.1 Å². The van der Waals surface area contributed by atoms with Crippen LogP contribution in [-0.2, 0) is 10.2 Å². The van der Waals surface area contributed by atoms with Gasteiger partial charge in [-0.05, 0) is 41.9 Å². The van der Waals surface area contributed by atoms with Crippen LogP contribution in [0.4, 0.5) is 5.82 Å². The number of carbonyl (C=O) groups is 1. The van der Waals surface area contributed by atoms with Gasteiger partial charge in [0.2, 0.25) is 5.91 Å². The molecule has 0 saturated carbocycles. The van der Waals surface area contributed by atoms with Gasteiger partial charge < -0.3 is 10.2 Å². The Labute approximate surface area is 140 Å². The maximum atomic E-state index is 12.1. The number of nitrogens with zero attached hydrogens (tertiary/aromatic N) is 2. The lowest BCUT2D eigenvalue weighted by Crippen LogP contribution is -2.42. The number of piperidine rings is 1. The fourth-order valence-corrected chi connectivity index (χ4v) is 2.94. The normalized spacial score (nSPS) is 16.7. The summed E-state index contributed by atoms with van der Waals surface area (Å²) < 4.78 is 0. The molecule has 0 spiro atoms. The largest absolute Gasteiger partial charge is 0.367 e. The fraction of sp³-hybridized carbons (Fsp3) is 0.684. The van der Waals surface area contributed by atoms with E-state index >= 15 is 0 Å². The second-order valence-electron chi connectivity index (χ2n) is 8.08. The third-order valence-corrected chi connectivity index (χ3v) is 4.41. The topological polar surface area (TPSA) is 45.2 Å². The molecule has 2 rings (SSSR count). The minimum Gasteiger partial charge on any atom is -0.367 e. The van der Waals surface area contributed by atoms with Gasteiger partial charge >= 0.3 is 0 Å². The molecule has 0 atom stereocenters. The van der Waals surface area contributed by atoms with E-state index in [9.17, 15) is 4.79 Å². The van der Waals surface area contributed by atoms with Crippen molar-refractivity contribution in [1.29, 1.82) is 0 Å². The van der Waals surface area contributed by atoms with Crippen molar-refractivity contribution in [3.8, 4) is 0 Å². The van der Waals surface area contributed by atoms with Crippen molar-refractivity contribution in [3.63, 3.8) is 0 Å². The van der Waals surface area contributed by atoms with Gasteiger partial charge in [-0.15, -0.1) is 0 Å². The van der Waals surface area contributed by atoms with E-state index < -0.39 is 0 Å².